The van der Waals surface area contributed by atoms with E-state index in [1.54, 1.807) is 27.7 Å². The van der Waals surface area contributed by atoms with Gasteiger partial charge in [-0.1, -0.05) is 12.1 Å². The molecule has 1 aromatic rings. The number of hydrogen-bond acceptors (Lipinski definition) is 7. The number of carbonyl (C=O) groups is 2. The lowest BCUT2D eigenvalue weighted by atomic mass is 10.2. The number of nitrogens with two attached hydrogens (primary N) is 1. The molecule has 8 nitrogen and oxygen atoms in total. The average Bonchev–Trinajstić information content (AvgIpc) is 2.72. The van der Waals surface area contributed by atoms with E-state index in [1.807, 2.05) is 0 Å². The van der Waals surface area contributed by atoms with Crippen molar-refractivity contribution in [1.29, 1.82) is 0 Å². The summed E-state index contributed by atoms with van der Waals surface area (Å²) in [6.07, 6.45) is 0.173. The second-order valence-electron chi connectivity index (χ2n) is 4.40. The fourth-order valence-electron chi connectivity index (χ4n) is 1.63. The van der Waals surface area contributed by atoms with Crippen LogP contribution >= 0.6 is 0 Å². The largest absolute Gasteiger partial charge is 0.461 e. The number of esters is 2. The molecule has 2 N–H and O–H groups in total. The molecule has 1 atom stereocenters. The Morgan fingerprint density at radius 2 is 2.00 bits per heavy atom. The minimum atomic E-state index is -0.715. The van der Waals surface area contributed by atoms with Crippen molar-refractivity contribution in [3.63, 3.8) is 0 Å². The molecule has 112 valence electrons. The standard InChI is InChI=1S/C12H20N4O4/c1-5-8(11(17)20-7(3)4)16-10(13)9(14-15-16)12(18)19-6-2/h7-8H,5-6,13H2,1-4H3. The number of anilines is 1. The minimum Gasteiger partial charge on any atom is -0.461 e. The van der Waals surface area contributed by atoms with Crippen LogP contribution in [0.2, 0.25) is 0 Å². The summed E-state index contributed by atoms with van der Waals surface area (Å²) in [5.41, 5.74) is 5.71. The summed E-state index contributed by atoms with van der Waals surface area (Å²) in [6, 6.07) is -0.715. The van der Waals surface area contributed by atoms with Crippen molar-refractivity contribution in [2.75, 3.05) is 12.3 Å². The van der Waals surface area contributed by atoms with Gasteiger partial charge in [-0.05, 0) is 27.2 Å². The third-order valence-electron chi connectivity index (χ3n) is 2.51. The maximum Gasteiger partial charge on any atom is 0.362 e. The van der Waals surface area contributed by atoms with Crippen molar-refractivity contribution in [1.82, 2.24) is 15.0 Å². The highest BCUT2D eigenvalue weighted by atomic mass is 16.5. The zero-order valence-electron chi connectivity index (χ0n) is 12.1. The number of hydrogen-bond donors (Lipinski definition) is 1. The van der Waals surface area contributed by atoms with E-state index in [1.165, 1.54) is 4.68 Å². The fourth-order valence-corrected chi connectivity index (χ4v) is 1.63. The van der Waals surface area contributed by atoms with Crippen LogP contribution in [-0.4, -0.2) is 39.6 Å². The summed E-state index contributed by atoms with van der Waals surface area (Å²) in [7, 11) is 0. The number of ether oxygens (including phenoxy) is 2. The molecule has 0 bridgehead atoms. The molecule has 0 aliphatic rings. The smallest absolute Gasteiger partial charge is 0.362 e. The highest BCUT2D eigenvalue weighted by Crippen LogP contribution is 2.20. The quantitative estimate of drug-likeness (QED) is 0.774. The van der Waals surface area contributed by atoms with E-state index < -0.39 is 18.0 Å². The molecule has 0 spiro atoms. The number of rotatable bonds is 6. The number of aromatic nitrogens is 3. The first-order valence-electron chi connectivity index (χ1n) is 6.50. The van der Waals surface area contributed by atoms with Gasteiger partial charge in [0, 0.05) is 0 Å². The minimum absolute atomic E-state index is 0.00370. The van der Waals surface area contributed by atoms with Gasteiger partial charge < -0.3 is 15.2 Å². The van der Waals surface area contributed by atoms with E-state index in [0.29, 0.717) is 6.42 Å². The van der Waals surface area contributed by atoms with Crippen LogP contribution in [0, 0.1) is 0 Å². The zero-order chi connectivity index (χ0) is 15.3. The first-order valence-corrected chi connectivity index (χ1v) is 6.50. The van der Waals surface area contributed by atoms with Crippen LogP contribution in [-0.2, 0) is 14.3 Å². The summed E-state index contributed by atoms with van der Waals surface area (Å²) in [4.78, 5) is 23.6. The van der Waals surface area contributed by atoms with Crippen LogP contribution in [0.5, 0.6) is 0 Å². The fraction of sp³-hybridized carbons (Fsp3) is 0.667. The molecule has 20 heavy (non-hydrogen) atoms. The van der Waals surface area contributed by atoms with Crippen LogP contribution in [0.3, 0.4) is 0 Å². The zero-order valence-corrected chi connectivity index (χ0v) is 12.1. The first-order chi connectivity index (χ1) is 9.42. The molecule has 0 radical (unpaired) electrons. The molecular weight excluding hydrogens is 264 g/mol. The van der Waals surface area contributed by atoms with Gasteiger partial charge in [0.05, 0.1) is 12.7 Å². The Labute approximate surface area is 117 Å². The normalized spacial score (nSPS) is 12.2. The van der Waals surface area contributed by atoms with Crippen molar-refractivity contribution >= 4 is 17.8 Å². The van der Waals surface area contributed by atoms with E-state index in [2.05, 4.69) is 10.3 Å². The van der Waals surface area contributed by atoms with Gasteiger partial charge in [0.15, 0.2) is 11.9 Å². The average molecular weight is 284 g/mol. The summed E-state index contributed by atoms with van der Waals surface area (Å²) in [5, 5.41) is 7.43. The topological polar surface area (TPSA) is 109 Å². The molecular formula is C12H20N4O4. The van der Waals surface area contributed by atoms with Crippen LogP contribution < -0.4 is 5.73 Å². The van der Waals surface area contributed by atoms with Gasteiger partial charge in [-0.2, -0.15) is 0 Å². The second-order valence-corrected chi connectivity index (χ2v) is 4.40. The van der Waals surface area contributed by atoms with Crippen molar-refractivity contribution in [3.8, 4) is 0 Å². The molecule has 1 rings (SSSR count). The van der Waals surface area contributed by atoms with Gasteiger partial charge in [0.1, 0.15) is 0 Å². The number of carbonyl (C=O) groups excluding carboxylic acids is 2. The molecule has 0 saturated carbocycles. The Morgan fingerprint density at radius 3 is 2.50 bits per heavy atom. The Kier molecular flexibility index (Phi) is 5.48. The number of nitrogen functional groups attached to an aromatic ring is 1. The molecule has 0 saturated heterocycles. The van der Waals surface area contributed by atoms with Crippen molar-refractivity contribution < 1.29 is 19.1 Å². The third kappa shape index (κ3) is 3.46. The molecule has 0 aliphatic carbocycles. The third-order valence-corrected chi connectivity index (χ3v) is 2.51. The molecule has 0 aliphatic heterocycles. The molecule has 0 aromatic carbocycles. The lowest BCUT2D eigenvalue weighted by molar-refractivity contribution is -0.151. The van der Waals surface area contributed by atoms with E-state index in [-0.39, 0.29) is 24.2 Å². The second kappa shape index (κ2) is 6.88. The van der Waals surface area contributed by atoms with Crippen LogP contribution in [0.15, 0.2) is 0 Å². The summed E-state index contributed by atoms with van der Waals surface area (Å²) < 4.78 is 11.1. The lowest BCUT2D eigenvalue weighted by Gasteiger charge is -2.17. The Morgan fingerprint density at radius 1 is 1.35 bits per heavy atom. The van der Waals surface area contributed by atoms with Crippen molar-refractivity contribution in [2.24, 2.45) is 0 Å². The Bertz CT molecular complexity index is 484. The summed E-state index contributed by atoms with van der Waals surface area (Å²) >= 11 is 0. The summed E-state index contributed by atoms with van der Waals surface area (Å²) in [5.74, 6) is -1.13. The van der Waals surface area contributed by atoms with Gasteiger partial charge in [-0.3, -0.25) is 0 Å². The molecule has 0 amide bonds. The first kappa shape index (κ1) is 15.9. The lowest BCUT2D eigenvalue weighted by Crippen LogP contribution is -2.26. The van der Waals surface area contributed by atoms with Gasteiger partial charge in [-0.25, -0.2) is 14.3 Å². The van der Waals surface area contributed by atoms with Crippen LogP contribution in [0.4, 0.5) is 5.82 Å². The SMILES string of the molecule is CCOC(=O)c1nnn(C(CC)C(=O)OC(C)C)c1N. The number of nitrogens with zero attached hydrogens (tertiary/aromatic N) is 3. The highest BCUT2D eigenvalue weighted by molar-refractivity contribution is 5.92. The van der Waals surface area contributed by atoms with Gasteiger partial charge in [-0.15, -0.1) is 5.10 Å². The maximum atomic E-state index is 12.0. The Balaban J connectivity index is 3.00. The van der Waals surface area contributed by atoms with Gasteiger partial charge in [0.2, 0.25) is 5.69 Å². The molecule has 1 unspecified atom stereocenters. The monoisotopic (exact) mass is 284 g/mol. The maximum absolute atomic E-state index is 12.0. The molecule has 1 aromatic heterocycles. The predicted molar refractivity (Wildman–Crippen MR) is 70.9 cm³/mol. The van der Waals surface area contributed by atoms with Crippen molar-refractivity contribution in [2.45, 2.75) is 46.3 Å². The van der Waals surface area contributed by atoms with Crippen molar-refractivity contribution in [3.05, 3.63) is 5.69 Å². The van der Waals surface area contributed by atoms with Gasteiger partial charge in [0.25, 0.3) is 0 Å². The predicted octanol–water partition coefficient (Wildman–Crippen LogP) is 0.940. The van der Waals surface area contributed by atoms with Gasteiger partial charge >= 0.3 is 11.9 Å². The Hall–Kier alpha value is -2.12. The highest BCUT2D eigenvalue weighted by Gasteiger charge is 2.28. The molecule has 8 heteroatoms. The van der Waals surface area contributed by atoms with Crippen LogP contribution in [0.1, 0.15) is 50.6 Å². The van der Waals surface area contributed by atoms with E-state index in [0.717, 1.165) is 0 Å². The molecule has 0 fully saturated rings. The van der Waals surface area contributed by atoms with E-state index >= 15 is 0 Å². The van der Waals surface area contributed by atoms with E-state index in [4.69, 9.17) is 15.2 Å². The molecule has 1 heterocycles. The van der Waals surface area contributed by atoms with E-state index in [9.17, 15) is 9.59 Å². The summed E-state index contributed by atoms with van der Waals surface area (Å²) in [6.45, 7) is 7.17. The van der Waals surface area contributed by atoms with Crippen LogP contribution in [0.25, 0.3) is 0 Å².